The number of piperazine rings is 1. The Bertz CT molecular complexity index is 812. The van der Waals surface area contributed by atoms with Crippen molar-refractivity contribution in [1.29, 1.82) is 0 Å². The topological polar surface area (TPSA) is 94.1 Å². The van der Waals surface area contributed by atoms with Crippen LogP contribution in [0.2, 0.25) is 0 Å². The van der Waals surface area contributed by atoms with Crippen LogP contribution in [-0.2, 0) is 9.59 Å². The van der Waals surface area contributed by atoms with Crippen molar-refractivity contribution in [3.05, 3.63) is 29.6 Å². The van der Waals surface area contributed by atoms with Crippen molar-refractivity contribution < 1.29 is 19.5 Å². The number of nitrogens with zero attached hydrogens (tertiary/aromatic N) is 4. The zero-order valence-corrected chi connectivity index (χ0v) is 18.2. The Balaban J connectivity index is 1.83. The molecule has 3 atom stereocenters. The number of aliphatic hydroxyl groups is 1. The number of rotatable bonds is 6. The smallest absolute Gasteiger partial charge is 0.256 e. The molecular formula is C22H32N4O4. The number of likely N-dealkylation sites (N-methyl/N-ethyl adjacent to an activating group) is 1. The van der Waals surface area contributed by atoms with Crippen LogP contribution in [0.1, 0.15) is 42.7 Å². The van der Waals surface area contributed by atoms with Crippen LogP contribution in [0.25, 0.3) is 0 Å². The predicted molar refractivity (Wildman–Crippen MR) is 112 cm³/mol. The van der Waals surface area contributed by atoms with Gasteiger partial charge in [-0.3, -0.25) is 19.4 Å². The Morgan fingerprint density at radius 3 is 2.73 bits per heavy atom. The monoisotopic (exact) mass is 416 g/mol. The maximum Gasteiger partial charge on any atom is 0.256 e. The summed E-state index contributed by atoms with van der Waals surface area (Å²) in [6, 6.07) is 3.10. The van der Waals surface area contributed by atoms with Crippen molar-refractivity contribution >= 4 is 17.7 Å². The summed E-state index contributed by atoms with van der Waals surface area (Å²) >= 11 is 0. The first kappa shape index (κ1) is 22.2. The summed E-state index contributed by atoms with van der Waals surface area (Å²) in [5.74, 6) is -0.322. The van der Waals surface area contributed by atoms with Crippen molar-refractivity contribution in [2.75, 3.05) is 33.3 Å². The van der Waals surface area contributed by atoms with Crippen LogP contribution in [-0.4, -0.2) is 87.9 Å². The number of aromatic nitrogens is 1. The Kier molecular flexibility index (Phi) is 6.75. The summed E-state index contributed by atoms with van der Waals surface area (Å²) in [5.41, 5.74) is 1.14. The number of hydrogen-bond acceptors (Lipinski definition) is 5. The molecule has 1 aromatic rings. The first-order valence-corrected chi connectivity index (χ1v) is 10.6. The lowest BCUT2D eigenvalue weighted by atomic mass is 9.91. The lowest BCUT2D eigenvalue weighted by Crippen LogP contribution is -2.58. The van der Waals surface area contributed by atoms with Crippen LogP contribution in [0.4, 0.5) is 0 Å². The van der Waals surface area contributed by atoms with E-state index in [0.717, 1.165) is 6.42 Å². The number of aryl methyl sites for hydroxylation is 1. The third-order valence-electron chi connectivity index (χ3n) is 6.15. The zero-order valence-electron chi connectivity index (χ0n) is 18.2. The van der Waals surface area contributed by atoms with Gasteiger partial charge in [-0.1, -0.05) is 13.8 Å². The quantitative estimate of drug-likeness (QED) is 0.745. The minimum atomic E-state index is -0.312. The van der Waals surface area contributed by atoms with Gasteiger partial charge in [0.15, 0.2) is 0 Å². The van der Waals surface area contributed by atoms with Gasteiger partial charge in [0, 0.05) is 38.1 Å². The van der Waals surface area contributed by atoms with Crippen molar-refractivity contribution in [2.45, 2.75) is 45.7 Å². The van der Waals surface area contributed by atoms with Gasteiger partial charge in [-0.05, 0) is 37.8 Å². The van der Waals surface area contributed by atoms with Crippen LogP contribution in [0.3, 0.4) is 0 Å². The average Bonchev–Trinajstić information content (AvgIpc) is 3.05. The number of carbonyl (C=O) groups is 3. The predicted octanol–water partition coefficient (Wildman–Crippen LogP) is 0.928. The molecular weight excluding hydrogens is 384 g/mol. The highest BCUT2D eigenvalue weighted by atomic mass is 16.3. The van der Waals surface area contributed by atoms with Gasteiger partial charge in [0.25, 0.3) is 5.91 Å². The highest BCUT2D eigenvalue weighted by Crippen LogP contribution is 2.37. The summed E-state index contributed by atoms with van der Waals surface area (Å²) in [6.07, 6.45) is 2.91. The molecule has 30 heavy (non-hydrogen) atoms. The molecule has 0 unspecified atom stereocenters. The van der Waals surface area contributed by atoms with E-state index in [-0.39, 0.29) is 55.4 Å². The Morgan fingerprint density at radius 2 is 2.10 bits per heavy atom. The number of pyridine rings is 1. The summed E-state index contributed by atoms with van der Waals surface area (Å²) in [6.45, 7) is 6.57. The number of hydrogen-bond donors (Lipinski definition) is 1. The second-order valence-corrected chi connectivity index (χ2v) is 8.80. The van der Waals surface area contributed by atoms with Crippen molar-refractivity contribution in [2.24, 2.45) is 11.8 Å². The van der Waals surface area contributed by atoms with Gasteiger partial charge < -0.3 is 19.8 Å². The van der Waals surface area contributed by atoms with Crippen LogP contribution in [0.15, 0.2) is 18.3 Å². The minimum Gasteiger partial charge on any atom is -0.395 e. The van der Waals surface area contributed by atoms with Crippen molar-refractivity contribution in [3.8, 4) is 0 Å². The first-order valence-electron chi connectivity index (χ1n) is 10.6. The van der Waals surface area contributed by atoms with Gasteiger partial charge in [0.05, 0.1) is 24.1 Å². The van der Waals surface area contributed by atoms with Gasteiger partial charge in [-0.25, -0.2) is 0 Å². The van der Waals surface area contributed by atoms with Crippen LogP contribution >= 0.6 is 0 Å². The summed E-state index contributed by atoms with van der Waals surface area (Å²) < 4.78 is 0. The van der Waals surface area contributed by atoms with E-state index < -0.39 is 0 Å². The molecule has 3 rings (SSSR count). The Morgan fingerprint density at radius 1 is 1.37 bits per heavy atom. The van der Waals surface area contributed by atoms with E-state index in [1.807, 2.05) is 4.90 Å². The molecule has 8 heteroatoms. The molecule has 0 aliphatic carbocycles. The number of carbonyl (C=O) groups excluding carboxylic acids is 3. The molecule has 1 N–H and O–H groups in total. The molecule has 2 saturated heterocycles. The molecule has 3 amide bonds. The second kappa shape index (κ2) is 9.12. The summed E-state index contributed by atoms with van der Waals surface area (Å²) in [7, 11) is 1.69. The van der Waals surface area contributed by atoms with Gasteiger partial charge in [-0.15, -0.1) is 0 Å². The average molecular weight is 417 g/mol. The third kappa shape index (κ3) is 4.33. The van der Waals surface area contributed by atoms with Crippen LogP contribution in [0, 0.1) is 18.8 Å². The van der Waals surface area contributed by atoms with E-state index in [9.17, 15) is 19.5 Å². The van der Waals surface area contributed by atoms with E-state index in [0.29, 0.717) is 30.1 Å². The Labute approximate surface area is 177 Å². The maximum absolute atomic E-state index is 13.1. The second-order valence-electron chi connectivity index (χ2n) is 8.80. The van der Waals surface area contributed by atoms with Gasteiger partial charge in [0.1, 0.15) is 6.54 Å². The lowest BCUT2D eigenvalue weighted by Gasteiger charge is -2.40. The highest BCUT2D eigenvalue weighted by Gasteiger charge is 2.50. The largest absolute Gasteiger partial charge is 0.395 e. The molecule has 0 aromatic carbocycles. The molecule has 2 aliphatic rings. The SMILES string of the molecule is Cc1ncccc1C(=O)N1CC(=O)N2[C@@H](C[C@H](C(=O)N(C)CCO)[C@@H]2CC(C)C)C1. The van der Waals surface area contributed by atoms with Crippen molar-refractivity contribution in [3.63, 3.8) is 0 Å². The van der Waals surface area contributed by atoms with E-state index in [4.69, 9.17) is 0 Å². The lowest BCUT2D eigenvalue weighted by molar-refractivity contribution is -0.141. The number of amides is 3. The van der Waals surface area contributed by atoms with E-state index >= 15 is 0 Å². The first-order chi connectivity index (χ1) is 14.2. The molecule has 164 valence electrons. The van der Waals surface area contributed by atoms with Crippen LogP contribution < -0.4 is 0 Å². The van der Waals surface area contributed by atoms with E-state index in [2.05, 4.69) is 18.8 Å². The molecule has 1 aromatic heterocycles. The number of aliphatic hydroxyl groups excluding tert-OH is 1. The molecule has 0 spiro atoms. The molecule has 0 bridgehead atoms. The van der Waals surface area contributed by atoms with E-state index in [1.54, 1.807) is 42.1 Å². The maximum atomic E-state index is 13.1. The molecule has 3 heterocycles. The standard InChI is InChI=1S/C22H32N4O4/c1-14(2)10-19-18(21(29)24(4)8-9-27)11-16-12-25(13-20(28)26(16)19)22(30)17-6-5-7-23-15(17)3/h5-7,14,16,18-19,27H,8-13H2,1-4H3/t16-,18-,19-/m0/s1. The van der Waals surface area contributed by atoms with E-state index in [1.165, 1.54) is 0 Å². The zero-order chi connectivity index (χ0) is 22.0. The highest BCUT2D eigenvalue weighted by molar-refractivity contribution is 5.98. The Hall–Kier alpha value is -2.48. The molecule has 2 fully saturated rings. The molecule has 2 aliphatic heterocycles. The van der Waals surface area contributed by atoms with Gasteiger partial charge in [0.2, 0.25) is 11.8 Å². The minimum absolute atomic E-state index is 0.0195. The number of fused-ring (bicyclic) bond motifs is 1. The van der Waals surface area contributed by atoms with Crippen molar-refractivity contribution in [1.82, 2.24) is 19.7 Å². The fraction of sp³-hybridized carbons (Fsp3) is 0.636. The molecule has 0 radical (unpaired) electrons. The summed E-state index contributed by atoms with van der Waals surface area (Å²) in [5, 5.41) is 9.21. The fourth-order valence-electron chi connectivity index (χ4n) is 4.75. The van der Waals surface area contributed by atoms with Gasteiger partial charge >= 0.3 is 0 Å². The van der Waals surface area contributed by atoms with Gasteiger partial charge in [-0.2, -0.15) is 0 Å². The molecule has 0 saturated carbocycles. The molecule has 8 nitrogen and oxygen atoms in total. The normalized spacial score (nSPS) is 23.7. The fourth-order valence-corrected chi connectivity index (χ4v) is 4.75. The third-order valence-corrected chi connectivity index (χ3v) is 6.15. The van der Waals surface area contributed by atoms with Crippen LogP contribution in [0.5, 0.6) is 0 Å². The summed E-state index contributed by atoms with van der Waals surface area (Å²) in [4.78, 5) is 48.4.